The van der Waals surface area contributed by atoms with Gasteiger partial charge in [-0.2, -0.15) is 0 Å². The van der Waals surface area contributed by atoms with E-state index in [4.69, 9.17) is 4.74 Å². The van der Waals surface area contributed by atoms with Crippen molar-refractivity contribution < 1.29 is 27.9 Å². The van der Waals surface area contributed by atoms with Gasteiger partial charge in [-0.05, 0) is 60.4 Å². The first-order valence-electron chi connectivity index (χ1n) is 11.7. The van der Waals surface area contributed by atoms with E-state index in [2.05, 4.69) is 5.43 Å². The average molecular weight is 509 g/mol. The van der Waals surface area contributed by atoms with Crippen molar-refractivity contribution in [1.82, 2.24) is 10.4 Å². The van der Waals surface area contributed by atoms with Crippen LogP contribution in [0.1, 0.15) is 36.3 Å². The highest BCUT2D eigenvalue weighted by molar-refractivity contribution is 7.91. The topological polar surface area (TPSA) is 113 Å². The zero-order valence-electron chi connectivity index (χ0n) is 19.6. The van der Waals surface area contributed by atoms with E-state index >= 15 is 0 Å². The van der Waals surface area contributed by atoms with Crippen LogP contribution in [0.4, 0.5) is 0 Å². The van der Waals surface area contributed by atoms with Crippen molar-refractivity contribution >= 4 is 22.2 Å². The van der Waals surface area contributed by atoms with Crippen molar-refractivity contribution in [2.45, 2.75) is 42.7 Å². The molecule has 3 aromatic rings. The zero-order chi connectivity index (χ0) is 25.5. The maximum atomic E-state index is 13.0. The van der Waals surface area contributed by atoms with Crippen molar-refractivity contribution in [3.8, 4) is 11.5 Å². The van der Waals surface area contributed by atoms with Gasteiger partial charge in [0.25, 0.3) is 0 Å². The van der Waals surface area contributed by atoms with Gasteiger partial charge in [-0.3, -0.25) is 14.6 Å². The number of carbonyl (C=O) groups is 2. The van der Waals surface area contributed by atoms with Gasteiger partial charge in [-0.15, -0.1) is 0 Å². The van der Waals surface area contributed by atoms with Gasteiger partial charge in [0.15, 0.2) is 9.84 Å². The Morgan fingerprint density at radius 1 is 1.00 bits per heavy atom. The van der Waals surface area contributed by atoms with Crippen LogP contribution in [0.25, 0.3) is 0 Å². The molecule has 0 spiro atoms. The fraction of sp³-hybridized carbons (Fsp3) is 0.259. The molecule has 188 valence electrons. The molecule has 0 heterocycles. The summed E-state index contributed by atoms with van der Waals surface area (Å²) >= 11 is 0. The first-order chi connectivity index (χ1) is 17.3. The number of hydrazine groups is 1. The van der Waals surface area contributed by atoms with Gasteiger partial charge >= 0.3 is 5.97 Å². The van der Waals surface area contributed by atoms with Gasteiger partial charge < -0.3 is 9.84 Å². The van der Waals surface area contributed by atoms with Gasteiger partial charge in [0.05, 0.1) is 23.6 Å². The monoisotopic (exact) mass is 508 g/mol. The number of ether oxygens (including phenoxy) is 1. The predicted octanol–water partition coefficient (Wildman–Crippen LogP) is 4.14. The summed E-state index contributed by atoms with van der Waals surface area (Å²) in [6.07, 6.45) is 2.66. The Bertz CT molecular complexity index is 1270. The van der Waals surface area contributed by atoms with Gasteiger partial charge in [0.1, 0.15) is 11.5 Å². The molecule has 8 nitrogen and oxygen atoms in total. The van der Waals surface area contributed by atoms with E-state index in [1.165, 1.54) is 17.1 Å². The molecule has 0 aliphatic heterocycles. The number of nitrogens with zero attached hydrogens (tertiary/aromatic N) is 1. The first kappa shape index (κ1) is 25.4. The molecule has 1 unspecified atom stereocenters. The van der Waals surface area contributed by atoms with E-state index in [1.54, 1.807) is 54.6 Å². The van der Waals surface area contributed by atoms with Crippen molar-refractivity contribution in [3.05, 3.63) is 90.0 Å². The van der Waals surface area contributed by atoms with Crippen molar-refractivity contribution in [3.63, 3.8) is 0 Å². The Morgan fingerprint density at radius 3 is 2.17 bits per heavy atom. The molecular weight excluding hydrogens is 480 g/mol. The SMILES string of the molecule is O=CN(Cc1ccc(Oc2ccc(S(=O)(=O)CC(CC(=O)O)c3ccccc3)cc2)cc1)NC1CC1. The van der Waals surface area contributed by atoms with Gasteiger partial charge in [-0.1, -0.05) is 42.5 Å². The average Bonchev–Trinajstić information content (AvgIpc) is 3.69. The molecule has 1 aliphatic rings. The summed E-state index contributed by atoms with van der Waals surface area (Å²) in [5, 5.41) is 10.8. The number of nitrogens with one attached hydrogen (secondary N) is 1. The van der Waals surface area contributed by atoms with E-state index < -0.39 is 21.7 Å². The third-order valence-electron chi connectivity index (χ3n) is 5.86. The molecule has 9 heteroatoms. The Balaban J connectivity index is 1.39. The number of sulfone groups is 1. The molecule has 4 rings (SSSR count). The second kappa shape index (κ2) is 11.4. The minimum atomic E-state index is -3.72. The van der Waals surface area contributed by atoms with E-state index in [1.807, 2.05) is 12.1 Å². The molecule has 1 fully saturated rings. The lowest BCUT2D eigenvalue weighted by molar-refractivity contribution is -0.137. The molecule has 0 aromatic heterocycles. The summed E-state index contributed by atoms with van der Waals surface area (Å²) in [7, 11) is -3.72. The standard InChI is InChI=1S/C27H28N2O6S/c30-19-29(28-23-8-9-23)17-20-6-10-24(11-7-20)35-25-12-14-26(15-13-25)36(33,34)18-22(16-27(31)32)21-4-2-1-3-5-21/h1-7,10-15,19,22-23,28H,8-9,16-18H2,(H,31,32). The summed E-state index contributed by atoms with van der Waals surface area (Å²) in [6, 6.07) is 22.6. The number of carboxylic acids is 1. The second-order valence-electron chi connectivity index (χ2n) is 8.84. The highest BCUT2D eigenvalue weighted by Crippen LogP contribution is 2.28. The van der Waals surface area contributed by atoms with Crippen LogP contribution >= 0.6 is 0 Å². The summed E-state index contributed by atoms with van der Waals surface area (Å²) in [5.74, 6) is -0.965. The van der Waals surface area contributed by atoms with E-state index in [0.29, 0.717) is 29.6 Å². The van der Waals surface area contributed by atoms with Crippen LogP contribution in [0.5, 0.6) is 11.5 Å². The van der Waals surface area contributed by atoms with Gasteiger partial charge in [0, 0.05) is 12.0 Å². The Hall–Kier alpha value is -3.69. The fourth-order valence-electron chi connectivity index (χ4n) is 3.84. The first-order valence-corrected chi connectivity index (χ1v) is 13.3. The number of hydrogen-bond donors (Lipinski definition) is 2. The highest BCUT2D eigenvalue weighted by atomic mass is 32.2. The van der Waals surface area contributed by atoms with Crippen molar-refractivity contribution in [2.24, 2.45) is 0 Å². The van der Waals surface area contributed by atoms with Crippen LogP contribution in [0, 0.1) is 0 Å². The lowest BCUT2D eigenvalue weighted by Crippen LogP contribution is -2.37. The highest BCUT2D eigenvalue weighted by Gasteiger charge is 2.25. The van der Waals surface area contributed by atoms with Crippen LogP contribution in [0.2, 0.25) is 0 Å². The van der Waals surface area contributed by atoms with Gasteiger partial charge in [0.2, 0.25) is 6.41 Å². The zero-order valence-corrected chi connectivity index (χ0v) is 20.4. The summed E-state index contributed by atoms with van der Waals surface area (Å²) in [4.78, 5) is 22.7. The van der Waals surface area contributed by atoms with Crippen LogP contribution in [-0.4, -0.2) is 42.7 Å². The summed E-state index contributed by atoms with van der Waals surface area (Å²) in [6.45, 7) is 0.443. The van der Waals surface area contributed by atoms with Crippen LogP contribution in [0.3, 0.4) is 0 Å². The van der Waals surface area contributed by atoms with Gasteiger partial charge in [-0.25, -0.2) is 13.8 Å². The number of benzene rings is 3. The number of aliphatic carboxylic acids is 1. The fourth-order valence-corrected chi connectivity index (χ4v) is 5.42. The smallest absolute Gasteiger partial charge is 0.303 e. The third-order valence-corrected chi connectivity index (χ3v) is 7.69. The summed E-state index contributed by atoms with van der Waals surface area (Å²) < 4.78 is 31.9. The number of carboxylic acid groups (broad SMARTS) is 1. The minimum absolute atomic E-state index is 0.105. The molecule has 3 aromatic carbocycles. The maximum Gasteiger partial charge on any atom is 0.303 e. The molecule has 1 aliphatic carbocycles. The van der Waals surface area contributed by atoms with Crippen LogP contribution < -0.4 is 10.2 Å². The molecule has 1 atom stereocenters. The summed E-state index contributed by atoms with van der Waals surface area (Å²) in [5.41, 5.74) is 4.76. The quantitative estimate of drug-likeness (QED) is 0.264. The molecular formula is C27H28N2O6S. The lowest BCUT2D eigenvalue weighted by Gasteiger charge is -2.18. The molecule has 0 radical (unpaired) electrons. The molecule has 0 bridgehead atoms. The number of hydrogen-bond acceptors (Lipinski definition) is 6. The molecule has 1 amide bonds. The maximum absolute atomic E-state index is 13.0. The number of amides is 1. The Morgan fingerprint density at radius 2 is 1.61 bits per heavy atom. The molecule has 1 saturated carbocycles. The van der Waals surface area contributed by atoms with E-state index in [9.17, 15) is 23.1 Å². The largest absolute Gasteiger partial charge is 0.481 e. The van der Waals surface area contributed by atoms with E-state index in [-0.39, 0.29) is 17.1 Å². The second-order valence-corrected chi connectivity index (χ2v) is 10.9. The minimum Gasteiger partial charge on any atom is -0.481 e. The Kier molecular flexibility index (Phi) is 8.02. The molecule has 0 saturated heterocycles. The lowest BCUT2D eigenvalue weighted by atomic mass is 9.98. The predicted molar refractivity (Wildman–Crippen MR) is 134 cm³/mol. The molecule has 36 heavy (non-hydrogen) atoms. The molecule has 2 N–H and O–H groups in total. The number of rotatable bonds is 13. The van der Waals surface area contributed by atoms with E-state index in [0.717, 1.165) is 24.8 Å². The van der Waals surface area contributed by atoms with Crippen molar-refractivity contribution in [2.75, 3.05) is 5.75 Å². The third kappa shape index (κ3) is 7.16. The Labute approximate surface area is 210 Å². The number of carbonyl (C=O) groups excluding carboxylic acids is 1. The van der Waals surface area contributed by atoms with Crippen LogP contribution in [-0.2, 0) is 26.0 Å². The normalized spacial score (nSPS) is 14.1. The van der Waals surface area contributed by atoms with Crippen molar-refractivity contribution in [1.29, 1.82) is 0 Å². The van der Waals surface area contributed by atoms with Crippen LogP contribution in [0.15, 0.2) is 83.8 Å².